The van der Waals surface area contributed by atoms with Crippen LogP contribution in [-0.2, 0) is 16.1 Å². The minimum atomic E-state index is -1.54. The number of likely N-dealkylation sites (tertiary alicyclic amines) is 1. The Bertz CT molecular complexity index is 465. The number of alkyl halides is 1. The molecule has 1 saturated heterocycles. The topological polar surface area (TPSA) is 66.8 Å². The fourth-order valence-electron chi connectivity index (χ4n) is 2.05. The number of hydrogen-bond acceptors (Lipinski definition) is 3. The molecule has 19 heavy (non-hydrogen) atoms. The van der Waals surface area contributed by atoms with Crippen molar-refractivity contribution in [3.05, 3.63) is 35.9 Å². The highest BCUT2D eigenvalue weighted by Gasteiger charge is 2.43. The van der Waals surface area contributed by atoms with Crippen LogP contribution in [0, 0.1) is 0 Å². The molecule has 1 aromatic rings. The first-order valence-corrected chi connectivity index (χ1v) is 5.94. The Morgan fingerprint density at radius 2 is 2.05 bits per heavy atom. The van der Waals surface area contributed by atoms with Crippen LogP contribution in [-0.4, -0.2) is 40.8 Å². The lowest BCUT2D eigenvalue weighted by Gasteiger charge is -2.21. The number of amides is 1. The number of hydrogen-bond donors (Lipinski definition) is 1. The Balaban J connectivity index is 1.95. The summed E-state index contributed by atoms with van der Waals surface area (Å²) in [6.45, 7) is 0.102. The van der Waals surface area contributed by atoms with Crippen LogP contribution in [0.2, 0.25) is 0 Å². The number of aliphatic carboxylic acids is 1. The zero-order valence-electron chi connectivity index (χ0n) is 10.2. The smallest absolute Gasteiger partial charge is 0.410 e. The van der Waals surface area contributed by atoms with Gasteiger partial charge in [0.25, 0.3) is 0 Å². The van der Waals surface area contributed by atoms with Gasteiger partial charge in [-0.15, -0.1) is 0 Å². The van der Waals surface area contributed by atoms with Gasteiger partial charge in [-0.1, -0.05) is 30.3 Å². The summed E-state index contributed by atoms with van der Waals surface area (Å²) in [5.74, 6) is -1.35. The molecule has 0 aromatic heterocycles. The summed E-state index contributed by atoms with van der Waals surface area (Å²) in [6.07, 6.45) is -2.31. The first kappa shape index (κ1) is 13.3. The zero-order valence-corrected chi connectivity index (χ0v) is 10.2. The standard InChI is InChI=1S/C13H14FNO4/c14-10-6-7-15(11(10)12(16)17)13(18)19-8-9-4-2-1-3-5-9/h1-5,10-11H,6-8H2,(H,16,17)/t10-,11-/m0/s1. The van der Waals surface area contributed by atoms with Crippen LogP contribution in [0.3, 0.4) is 0 Å². The van der Waals surface area contributed by atoms with Crippen molar-refractivity contribution in [2.24, 2.45) is 0 Å². The molecule has 1 fully saturated rings. The maximum absolute atomic E-state index is 13.4. The Morgan fingerprint density at radius 1 is 1.37 bits per heavy atom. The van der Waals surface area contributed by atoms with Crippen molar-refractivity contribution in [1.29, 1.82) is 0 Å². The number of ether oxygens (including phenoxy) is 1. The molecular weight excluding hydrogens is 253 g/mol. The molecule has 1 N–H and O–H groups in total. The van der Waals surface area contributed by atoms with Crippen LogP contribution in [0.25, 0.3) is 0 Å². The molecule has 2 atom stereocenters. The maximum atomic E-state index is 13.4. The van der Waals surface area contributed by atoms with E-state index in [0.717, 1.165) is 10.5 Å². The molecule has 5 nitrogen and oxygen atoms in total. The lowest BCUT2D eigenvalue weighted by atomic mass is 10.2. The predicted octanol–water partition coefficient (Wildman–Crippen LogP) is 1.82. The molecule has 0 bridgehead atoms. The van der Waals surface area contributed by atoms with E-state index in [2.05, 4.69) is 0 Å². The highest BCUT2D eigenvalue weighted by atomic mass is 19.1. The van der Waals surface area contributed by atoms with E-state index in [4.69, 9.17) is 9.84 Å². The van der Waals surface area contributed by atoms with Gasteiger partial charge in [0.2, 0.25) is 0 Å². The Labute approximate surface area is 109 Å². The van der Waals surface area contributed by atoms with Gasteiger partial charge in [0, 0.05) is 6.54 Å². The average Bonchev–Trinajstić information content (AvgIpc) is 2.79. The molecule has 2 rings (SSSR count). The summed E-state index contributed by atoms with van der Waals surface area (Å²) >= 11 is 0. The van der Waals surface area contributed by atoms with Crippen molar-refractivity contribution in [1.82, 2.24) is 4.90 Å². The third-order valence-electron chi connectivity index (χ3n) is 3.02. The molecule has 0 radical (unpaired) electrons. The molecule has 1 amide bonds. The van der Waals surface area contributed by atoms with E-state index in [1.54, 1.807) is 24.3 Å². The fraction of sp³-hybridized carbons (Fsp3) is 0.385. The van der Waals surface area contributed by atoms with Gasteiger partial charge in [-0.2, -0.15) is 0 Å². The Kier molecular flexibility index (Phi) is 3.99. The van der Waals surface area contributed by atoms with Crippen LogP contribution in [0.15, 0.2) is 30.3 Å². The van der Waals surface area contributed by atoms with E-state index in [-0.39, 0.29) is 19.6 Å². The quantitative estimate of drug-likeness (QED) is 0.907. The number of rotatable bonds is 3. The van der Waals surface area contributed by atoms with Gasteiger partial charge in [0.05, 0.1) is 0 Å². The lowest BCUT2D eigenvalue weighted by molar-refractivity contribution is -0.143. The third kappa shape index (κ3) is 3.01. The summed E-state index contributed by atoms with van der Waals surface area (Å²) in [7, 11) is 0. The second kappa shape index (κ2) is 5.69. The molecule has 0 saturated carbocycles. The van der Waals surface area contributed by atoms with E-state index >= 15 is 0 Å². The van der Waals surface area contributed by atoms with Crippen LogP contribution >= 0.6 is 0 Å². The third-order valence-corrected chi connectivity index (χ3v) is 3.02. The Hall–Kier alpha value is -2.11. The van der Waals surface area contributed by atoms with E-state index in [0.29, 0.717) is 0 Å². The second-order valence-corrected chi connectivity index (χ2v) is 4.32. The minimum Gasteiger partial charge on any atom is -0.480 e. The number of carboxylic acid groups (broad SMARTS) is 1. The summed E-state index contributed by atoms with van der Waals surface area (Å²) in [5.41, 5.74) is 0.790. The SMILES string of the molecule is O=C(O)[C@@H]1[C@@H](F)CCN1C(=O)OCc1ccccc1. The Morgan fingerprint density at radius 3 is 2.68 bits per heavy atom. The second-order valence-electron chi connectivity index (χ2n) is 4.32. The summed E-state index contributed by atoms with van der Waals surface area (Å²) in [6, 6.07) is 7.56. The van der Waals surface area contributed by atoms with Gasteiger partial charge in [-0.05, 0) is 12.0 Å². The minimum absolute atomic E-state index is 0.0252. The van der Waals surface area contributed by atoms with Gasteiger partial charge in [0.15, 0.2) is 6.04 Å². The molecule has 1 aliphatic heterocycles. The summed E-state index contributed by atoms with van der Waals surface area (Å²) in [4.78, 5) is 23.6. The largest absolute Gasteiger partial charge is 0.480 e. The lowest BCUT2D eigenvalue weighted by Crippen LogP contribution is -2.44. The molecule has 102 valence electrons. The van der Waals surface area contributed by atoms with Crippen molar-refractivity contribution in [2.45, 2.75) is 25.2 Å². The molecule has 6 heteroatoms. The molecule has 0 spiro atoms. The van der Waals surface area contributed by atoms with E-state index in [9.17, 15) is 14.0 Å². The van der Waals surface area contributed by atoms with E-state index < -0.39 is 24.3 Å². The number of carboxylic acids is 1. The summed E-state index contributed by atoms with van der Waals surface area (Å²) in [5, 5.41) is 8.90. The van der Waals surface area contributed by atoms with Crippen molar-refractivity contribution < 1.29 is 23.8 Å². The maximum Gasteiger partial charge on any atom is 0.410 e. The highest BCUT2D eigenvalue weighted by Crippen LogP contribution is 2.22. The average molecular weight is 267 g/mol. The first-order chi connectivity index (χ1) is 9.09. The molecule has 0 unspecified atom stereocenters. The molecule has 1 aromatic carbocycles. The van der Waals surface area contributed by atoms with Gasteiger partial charge >= 0.3 is 12.1 Å². The van der Waals surface area contributed by atoms with Gasteiger partial charge in [-0.25, -0.2) is 14.0 Å². The van der Waals surface area contributed by atoms with Gasteiger partial charge in [0.1, 0.15) is 12.8 Å². The summed E-state index contributed by atoms with van der Waals surface area (Å²) < 4.78 is 18.4. The zero-order chi connectivity index (χ0) is 13.8. The number of carbonyl (C=O) groups is 2. The van der Waals surface area contributed by atoms with Crippen LogP contribution in [0.5, 0.6) is 0 Å². The monoisotopic (exact) mass is 267 g/mol. The van der Waals surface area contributed by atoms with Crippen molar-refractivity contribution in [2.75, 3.05) is 6.54 Å². The molecule has 0 aliphatic carbocycles. The molecular formula is C13H14FNO4. The van der Waals surface area contributed by atoms with Gasteiger partial charge < -0.3 is 9.84 Å². The first-order valence-electron chi connectivity index (χ1n) is 5.94. The highest BCUT2D eigenvalue weighted by molar-refractivity contribution is 5.81. The number of halogens is 1. The van der Waals surface area contributed by atoms with Crippen LogP contribution in [0.1, 0.15) is 12.0 Å². The van der Waals surface area contributed by atoms with Crippen molar-refractivity contribution >= 4 is 12.1 Å². The predicted molar refractivity (Wildman–Crippen MR) is 64.3 cm³/mol. The normalized spacial score (nSPS) is 22.3. The number of benzene rings is 1. The van der Waals surface area contributed by atoms with E-state index in [1.165, 1.54) is 0 Å². The van der Waals surface area contributed by atoms with Crippen LogP contribution in [0.4, 0.5) is 9.18 Å². The van der Waals surface area contributed by atoms with Crippen molar-refractivity contribution in [3.63, 3.8) is 0 Å². The van der Waals surface area contributed by atoms with Crippen molar-refractivity contribution in [3.8, 4) is 0 Å². The number of carbonyl (C=O) groups excluding carboxylic acids is 1. The van der Waals surface area contributed by atoms with Crippen LogP contribution < -0.4 is 0 Å². The number of nitrogens with zero attached hydrogens (tertiary/aromatic N) is 1. The molecule has 1 aliphatic rings. The van der Waals surface area contributed by atoms with E-state index in [1.807, 2.05) is 6.07 Å². The van der Waals surface area contributed by atoms with Gasteiger partial charge in [-0.3, -0.25) is 4.90 Å². The fourth-order valence-corrected chi connectivity index (χ4v) is 2.05. The molecule has 1 heterocycles.